The highest BCUT2D eigenvalue weighted by Gasteiger charge is 2.35. The molecule has 1 aromatic carbocycles. The minimum atomic E-state index is -1.02. The Morgan fingerprint density at radius 2 is 1.22 bits per heavy atom. The number of H-pyrrole nitrogens is 2. The number of benzene rings is 1. The van der Waals surface area contributed by atoms with Crippen LogP contribution in [0.25, 0.3) is 11.0 Å². The highest BCUT2D eigenvalue weighted by atomic mass is 16.6. The third-order valence-corrected chi connectivity index (χ3v) is 2.37. The van der Waals surface area contributed by atoms with Gasteiger partial charge in [-0.2, -0.15) is 0 Å². The van der Waals surface area contributed by atoms with Crippen LogP contribution in [0, 0.1) is 20.2 Å². The smallest absolute Gasteiger partial charge is 0.373 e. The summed E-state index contributed by atoms with van der Waals surface area (Å²) in [7, 11) is 0. The summed E-state index contributed by atoms with van der Waals surface area (Å²) in [6, 6.07) is 0. The molecule has 94 valence electrons. The highest BCUT2D eigenvalue weighted by molar-refractivity contribution is 6.05. The van der Waals surface area contributed by atoms with Gasteiger partial charge >= 0.3 is 17.1 Å². The first-order valence-electron chi connectivity index (χ1n) is 4.46. The largest absolute Gasteiger partial charge is 0.391 e. The van der Waals surface area contributed by atoms with Crippen LogP contribution in [0.5, 0.6) is 0 Å². The van der Waals surface area contributed by atoms with E-state index in [1.54, 1.807) is 0 Å². The molecule has 0 spiro atoms. The molecule has 2 rings (SSSR count). The lowest BCUT2D eigenvalue weighted by Gasteiger charge is -2.03. The quantitative estimate of drug-likeness (QED) is 0.325. The molecule has 0 unspecified atom stereocenters. The number of anilines is 2. The number of hydrogen-bond acceptors (Lipinski definition) is 7. The van der Waals surface area contributed by atoms with Gasteiger partial charge in [-0.05, 0) is 0 Å². The summed E-state index contributed by atoms with van der Waals surface area (Å²) in [5.74, 6) is 0. The van der Waals surface area contributed by atoms with Crippen LogP contribution in [0.1, 0.15) is 0 Å². The predicted molar refractivity (Wildman–Crippen MR) is 61.1 cm³/mol. The number of aromatic nitrogens is 2. The normalized spacial score (nSPS) is 10.7. The molecule has 0 fully saturated rings. The number of nitrogen functional groups attached to an aromatic ring is 2. The Morgan fingerprint density at radius 1 is 0.889 bits per heavy atom. The molecule has 0 saturated heterocycles. The van der Waals surface area contributed by atoms with Gasteiger partial charge in [0.25, 0.3) is 0 Å². The summed E-state index contributed by atoms with van der Waals surface area (Å²) >= 11 is 0. The highest BCUT2D eigenvalue weighted by Crippen LogP contribution is 2.42. The maximum Gasteiger partial charge on any atom is 0.373 e. The van der Waals surface area contributed by atoms with Gasteiger partial charge < -0.3 is 21.4 Å². The van der Waals surface area contributed by atoms with Crippen LogP contribution >= 0.6 is 0 Å². The molecular formula is C7H6N6O5. The first kappa shape index (κ1) is 11.4. The van der Waals surface area contributed by atoms with Crippen molar-refractivity contribution in [3.8, 4) is 0 Å². The lowest BCUT2D eigenvalue weighted by atomic mass is 10.1. The molecule has 11 heteroatoms. The second kappa shape index (κ2) is 3.44. The number of imidazole rings is 1. The predicted octanol–water partition coefficient (Wildman–Crippen LogP) is -0.163. The van der Waals surface area contributed by atoms with E-state index in [9.17, 15) is 25.0 Å². The minimum Gasteiger partial charge on any atom is -0.391 e. The standard InChI is InChI=1S/C7H6N6O5/c8-1-3-4(11-7(14)10-3)2(9)6(13(17)18)5(1)12(15)16/h8-9H2,(H2,10,11,14). The maximum atomic E-state index is 11.1. The summed E-state index contributed by atoms with van der Waals surface area (Å²) in [5.41, 5.74) is 6.99. The first-order valence-corrected chi connectivity index (χ1v) is 4.46. The lowest BCUT2D eigenvalue weighted by Crippen LogP contribution is -2.05. The average Bonchev–Trinajstić information content (AvgIpc) is 2.64. The number of aromatic amines is 2. The van der Waals surface area contributed by atoms with Gasteiger partial charge in [-0.3, -0.25) is 20.2 Å². The second-order valence-electron chi connectivity index (χ2n) is 3.37. The summed E-state index contributed by atoms with van der Waals surface area (Å²) in [4.78, 5) is 35.1. The molecule has 0 aliphatic rings. The molecule has 0 atom stereocenters. The van der Waals surface area contributed by atoms with Gasteiger partial charge in [-0.15, -0.1) is 0 Å². The van der Waals surface area contributed by atoms with Gasteiger partial charge in [0.1, 0.15) is 11.4 Å². The van der Waals surface area contributed by atoms with E-state index in [1.807, 2.05) is 0 Å². The molecule has 1 aromatic heterocycles. The summed E-state index contributed by atoms with van der Waals surface area (Å²) < 4.78 is 0. The average molecular weight is 254 g/mol. The molecule has 0 saturated carbocycles. The Morgan fingerprint density at radius 3 is 1.50 bits per heavy atom. The van der Waals surface area contributed by atoms with Crippen LogP contribution in [0.4, 0.5) is 22.7 Å². The fourth-order valence-electron chi connectivity index (χ4n) is 1.65. The molecule has 0 aliphatic carbocycles. The van der Waals surface area contributed by atoms with Crippen LogP contribution in [0.3, 0.4) is 0 Å². The number of nitro benzene ring substituents is 2. The number of nitrogens with zero attached hydrogens (tertiary/aromatic N) is 2. The van der Waals surface area contributed by atoms with E-state index < -0.39 is 38.3 Å². The topological polar surface area (TPSA) is 187 Å². The van der Waals surface area contributed by atoms with Crippen LogP contribution in [-0.4, -0.2) is 19.8 Å². The van der Waals surface area contributed by atoms with E-state index in [0.717, 1.165) is 0 Å². The molecule has 0 radical (unpaired) electrons. The third-order valence-electron chi connectivity index (χ3n) is 2.37. The van der Waals surface area contributed by atoms with Crippen molar-refractivity contribution < 1.29 is 9.85 Å². The van der Waals surface area contributed by atoms with E-state index in [0.29, 0.717) is 0 Å². The Kier molecular flexibility index (Phi) is 2.18. The van der Waals surface area contributed by atoms with Crippen molar-refractivity contribution in [2.24, 2.45) is 0 Å². The van der Waals surface area contributed by atoms with Crippen LogP contribution in [0.2, 0.25) is 0 Å². The Bertz CT molecular complexity index is 683. The van der Waals surface area contributed by atoms with E-state index in [1.165, 1.54) is 0 Å². The van der Waals surface area contributed by atoms with Crippen LogP contribution in [-0.2, 0) is 0 Å². The van der Waals surface area contributed by atoms with Crippen LogP contribution < -0.4 is 17.2 Å². The van der Waals surface area contributed by atoms with E-state index >= 15 is 0 Å². The zero-order valence-electron chi connectivity index (χ0n) is 8.59. The first-order chi connectivity index (χ1) is 8.34. The summed E-state index contributed by atoms with van der Waals surface area (Å²) in [6.07, 6.45) is 0. The Balaban J connectivity index is 3.09. The number of nitro groups is 2. The van der Waals surface area contributed by atoms with Crippen molar-refractivity contribution in [3.05, 3.63) is 30.7 Å². The zero-order chi connectivity index (χ0) is 13.6. The second-order valence-corrected chi connectivity index (χ2v) is 3.37. The summed E-state index contributed by atoms with van der Waals surface area (Å²) in [6.45, 7) is 0. The third kappa shape index (κ3) is 1.34. The lowest BCUT2D eigenvalue weighted by molar-refractivity contribution is -0.421. The molecule has 0 amide bonds. The molecular weight excluding hydrogens is 248 g/mol. The van der Waals surface area contributed by atoms with E-state index in [-0.39, 0.29) is 11.0 Å². The van der Waals surface area contributed by atoms with Gasteiger partial charge in [0.2, 0.25) is 0 Å². The van der Waals surface area contributed by atoms with Gasteiger partial charge in [0.15, 0.2) is 0 Å². The fraction of sp³-hybridized carbons (Fsp3) is 0. The number of hydrogen-bond donors (Lipinski definition) is 4. The van der Waals surface area contributed by atoms with Gasteiger partial charge in [-0.1, -0.05) is 0 Å². The monoisotopic (exact) mass is 254 g/mol. The number of fused-ring (bicyclic) bond motifs is 1. The summed E-state index contributed by atoms with van der Waals surface area (Å²) in [5, 5.41) is 21.6. The number of nitrogens with one attached hydrogen (secondary N) is 2. The molecule has 2 aromatic rings. The SMILES string of the molecule is Nc1c([N+](=O)[O-])c([N+](=O)[O-])c(N)c2[nH]c(=O)[nH]c12. The molecule has 6 N–H and O–H groups in total. The van der Waals surface area contributed by atoms with Gasteiger partial charge in [-0.25, -0.2) is 4.79 Å². The molecule has 0 aliphatic heterocycles. The van der Waals surface area contributed by atoms with E-state index in [4.69, 9.17) is 11.5 Å². The van der Waals surface area contributed by atoms with Gasteiger partial charge in [0, 0.05) is 0 Å². The van der Waals surface area contributed by atoms with Crippen molar-refractivity contribution in [2.75, 3.05) is 11.5 Å². The Labute approximate surface area is 96.7 Å². The Hall–Kier alpha value is -3.11. The number of rotatable bonds is 2. The van der Waals surface area contributed by atoms with E-state index in [2.05, 4.69) is 9.97 Å². The van der Waals surface area contributed by atoms with Crippen molar-refractivity contribution in [1.29, 1.82) is 0 Å². The maximum absolute atomic E-state index is 11.1. The molecule has 11 nitrogen and oxygen atoms in total. The fourth-order valence-corrected chi connectivity index (χ4v) is 1.65. The van der Waals surface area contributed by atoms with Crippen molar-refractivity contribution in [2.45, 2.75) is 0 Å². The van der Waals surface area contributed by atoms with Gasteiger partial charge in [0.05, 0.1) is 20.9 Å². The number of nitrogens with two attached hydrogens (primary N) is 2. The molecule has 1 heterocycles. The van der Waals surface area contributed by atoms with Crippen molar-refractivity contribution in [3.63, 3.8) is 0 Å². The molecule has 0 bridgehead atoms. The van der Waals surface area contributed by atoms with Crippen molar-refractivity contribution >= 4 is 33.8 Å². The molecule has 18 heavy (non-hydrogen) atoms. The minimum absolute atomic E-state index is 0.130. The van der Waals surface area contributed by atoms with Crippen LogP contribution in [0.15, 0.2) is 4.79 Å². The van der Waals surface area contributed by atoms with Crippen molar-refractivity contribution in [1.82, 2.24) is 9.97 Å². The zero-order valence-corrected chi connectivity index (χ0v) is 8.59.